The molecule has 3 N–H and O–H groups in total. The van der Waals surface area contributed by atoms with Crippen LogP contribution in [0.15, 0.2) is 24.3 Å². The summed E-state index contributed by atoms with van der Waals surface area (Å²) in [5.41, 5.74) is -0.481. The Labute approximate surface area is 123 Å². The van der Waals surface area contributed by atoms with Gasteiger partial charge in [-0.05, 0) is 38.1 Å². The van der Waals surface area contributed by atoms with E-state index in [0.717, 1.165) is 4.90 Å². The lowest BCUT2D eigenvalue weighted by Crippen LogP contribution is -2.54. The van der Waals surface area contributed by atoms with Crippen molar-refractivity contribution in [3.8, 4) is 5.75 Å². The molecule has 0 heterocycles. The SMILES string of the molecule is CN(C(=O)N(CC(=O)O)c1ccc(O)cc1)C(C)(C)CO. The van der Waals surface area contributed by atoms with E-state index in [1.54, 1.807) is 13.8 Å². The lowest BCUT2D eigenvalue weighted by Gasteiger charge is -2.37. The van der Waals surface area contributed by atoms with E-state index in [4.69, 9.17) is 5.11 Å². The number of amides is 2. The highest BCUT2D eigenvalue weighted by Crippen LogP contribution is 2.22. The molecule has 0 bridgehead atoms. The Morgan fingerprint density at radius 1 is 1.19 bits per heavy atom. The number of benzene rings is 1. The molecule has 1 aromatic carbocycles. The van der Waals surface area contributed by atoms with E-state index >= 15 is 0 Å². The molecular formula is C14H20N2O5. The molecule has 0 unspecified atom stereocenters. The van der Waals surface area contributed by atoms with Gasteiger partial charge >= 0.3 is 12.0 Å². The number of rotatable bonds is 5. The van der Waals surface area contributed by atoms with Crippen LogP contribution in [0.4, 0.5) is 10.5 Å². The molecule has 21 heavy (non-hydrogen) atoms. The van der Waals surface area contributed by atoms with Gasteiger partial charge in [-0.25, -0.2) is 4.79 Å². The molecule has 0 saturated carbocycles. The Kier molecular flexibility index (Phi) is 5.15. The van der Waals surface area contributed by atoms with Crippen molar-refractivity contribution < 1.29 is 24.9 Å². The van der Waals surface area contributed by atoms with E-state index in [1.165, 1.54) is 36.2 Å². The molecule has 116 valence electrons. The fourth-order valence-corrected chi connectivity index (χ4v) is 1.58. The van der Waals surface area contributed by atoms with Crippen molar-refractivity contribution in [3.63, 3.8) is 0 Å². The van der Waals surface area contributed by atoms with E-state index in [2.05, 4.69) is 0 Å². The van der Waals surface area contributed by atoms with E-state index in [1.807, 2.05) is 0 Å². The van der Waals surface area contributed by atoms with Gasteiger partial charge < -0.3 is 20.2 Å². The molecule has 2 amide bonds. The fraction of sp³-hybridized carbons (Fsp3) is 0.429. The van der Waals surface area contributed by atoms with Gasteiger partial charge in [-0.2, -0.15) is 0 Å². The van der Waals surface area contributed by atoms with Crippen molar-refractivity contribution in [3.05, 3.63) is 24.3 Å². The molecule has 0 radical (unpaired) electrons. The number of phenolic OH excluding ortho intramolecular Hbond substituents is 1. The standard InChI is InChI=1S/C14H20N2O5/c1-14(2,9-17)15(3)13(21)16(8-12(19)20)10-4-6-11(18)7-5-10/h4-7,17-18H,8-9H2,1-3H3,(H,19,20). The number of urea groups is 1. The van der Waals surface area contributed by atoms with Crippen LogP contribution in [0.25, 0.3) is 0 Å². The first-order valence-corrected chi connectivity index (χ1v) is 6.36. The molecule has 0 aromatic heterocycles. The van der Waals surface area contributed by atoms with Crippen molar-refractivity contribution in [2.45, 2.75) is 19.4 Å². The number of aliphatic hydroxyl groups excluding tert-OH is 1. The monoisotopic (exact) mass is 296 g/mol. The molecule has 0 fully saturated rings. The van der Waals surface area contributed by atoms with Crippen LogP contribution in [-0.4, -0.2) is 58.0 Å². The van der Waals surface area contributed by atoms with Gasteiger partial charge in [-0.3, -0.25) is 9.69 Å². The van der Waals surface area contributed by atoms with Crippen LogP contribution in [0.5, 0.6) is 5.75 Å². The lowest BCUT2D eigenvalue weighted by atomic mass is 10.1. The van der Waals surface area contributed by atoms with Gasteiger partial charge in [0.2, 0.25) is 0 Å². The maximum Gasteiger partial charge on any atom is 0.325 e. The molecule has 1 rings (SSSR count). The molecule has 1 aromatic rings. The van der Waals surface area contributed by atoms with Crippen LogP contribution in [0, 0.1) is 0 Å². The Morgan fingerprint density at radius 3 is 2.14 bits per heavy atom. The highest BCUT2D eigenvalue weighted by molar-refractivity contribution is 5.96. The number of carbonyl (C=O) groups excluding carboxylic acids is 1. The second-order valence-corrected chi connectivity index (χ2v) is 5.31. The number of hydrogen-bond donors (Lipinski definition) is 3. The first-order chi connectivity index (χ1) is 9.69. The van der Waals surface area contributed by atoms with Crippen LogP contribution >= 0.6 is 0 Å². The zero-order valence-electron chi connectivity index (χ0n) is 12.3. The zero-order valence-corrected chi connectivity index (χ0v) is 12.3. The van der Waals surface area contributed by atoms with Crippen LogP contribution in [-0.2, 0) is 4.79 Å². The number of carboxylic acid groups (broad SMARTS) is 1. The number of anilines is 1. The van der Waals surface area contributed by atoms with Crippen molar-refractivity contribution in [1.82, 2.24) is 4.90 Å². The topological polar surface area (TPSA) is 101 Å². The summed E-state index contributed by atoms with van der Waals surface area (Å²) in [6, 6.07) is 5.09. The number of nitrogens with zero attached hydrogens (tertiary/aromatic N) is 2. The van der Waals surface area contributed by atoms with Gasteiger partial charge in [0.25, 0.3) is 0 Å². The minimum absolute atomic E-state index is 0.0190. The Hall–Kier alpha value is -2.28. The van der Waals surface area contributed by atoms with E-state index in [9.17, 15) is 19.8 Å². The lowest BCUT2D eigenvalue weighted by molar-refractivity contribution is -0.135. The summed E-state index contributed by atoms with van der Waals surface area (Å²) in [6.07, 6.45) is 0. The number of aliphatic hydroxyl groups is 1. The summed E-state index contributed by atoms with van der Waals surface area (Å²) in [7, 11) is 1.49. The minimum Gasteiger partial charge on any atom is -0.508 e. The number of likely N-dealkylation sites (N-methyl/N-ethyl adjacent to an activating group) is 1. The van der Waals surface area contributed by atoms with Crippen LogP contribution in [0.3, 0.4) is 0 Å². The largest absolute Gasteiger partial charge is 0.508 e. The summed E-state index contributed by atoms with van der Waals surface area (Å²) in [5, 5.41) is 27.6. The van der Waals surface area contributed by atoms with Gasteiger partial charge in [0.05, 0.1) is 12.1 Å². The van der Waals surface area contributed by atoms with Crippen molar-refractivity contribution in [2.24, 2.45) is 0 Å². The minimum atomic E-state index is -1.16. The number of carbonyl (C=O) groups is 2. The number of hydrogen-bond acceptors (Lipinski definition) is 4. The average Bonchev–Trinajstić information content (AvgIpc) is 2.44. The van der Waals surface area contributed by atoms with E-state index < -0.39 is 24.1 Å². The zero-order chi connectivity index (χ0) is 16.2. The molecule has 7 nitrogen and oxygen atoms in total. The van der Waals surface area contributed by atoms with Gasteiger partial charge in [-0.1, -0.05) is 0 Å². The second kappa shape index (κ2) is 6.45. The summed E-state index contributed by atoms with van der Waals surface area (Å²) >= 11 is 0. The normalized spacial score (nSPS) is 11.0. The quantitative estimate of drug-likeness (QED) is 0.755. The predicted molar refractivity (Wildman–Crippen MR) is 77.4 cm³/mol. The Balaban J connectivity index is 3.10. The third-order valence-electron chi connectivity index (χ3n) is 3.27. The highest BCUT2D eigenvalue weighted by Gasteiger charge is 2.31. The molecule has 0 spiro atoms. The maximum absolute atomic E-state index is 12.5. The molecule has 0 atom stereocenters. The molecular weight excluding hydrogens is 276 g/mol. The van der Waals surface area contributed by atoms with Gasteiger partial charge in [0, 0.05) is 12.7 Å². The second-order valence-electron chi connectivity index (χ2n) is 5.31. The molecule has 0 aliphatic rings. The third kappa shape index (κ3) is 4.09. The summed E-state index contributed by atoms with van der Waals surface area (Å²) < 4.78 is 0. The average molecular weight is 296 g/mol. The van der Waals surface area contributed by atoms with Gasteiger partial charge in [-0.15, -0.1) is 0 Å². The van der Waals surface area contributed by atoms with Crippen molar-refractivity contribution in [2.75, 3.05) is 25.1 Å². The van der Waals surface area contributed by atoms with Crippen LogP contribution in [0.2, 0.25) is 0 Å². The van der Waals surface area contributed by atoms with Gasteiger partial charge in [0.1, 0.15) is 12.3 Å². The third-order valence-corrected chi connectivity index (χ3v) is 3.27. The van der Waals surface area contributed by atoms with Gasteiger partial charge in [0.15, 0.2) is 0 Å². The number of carboxylic acids is 1. The van der Waals surface area contributed by atoms with Crippen molar-refractivity contribution >= 4 is 17.7 Å². The highest BCUT2D eigenvalue weighted by atomic mass is 16.4. The summed E-state index contributed by atoms with van der Waals surface area (Å²) in [4.78, 5) is 25.8. The molecule has 7 heteroatoms. The first kappa shape index (κ1) is 16.8. The number of aliphatic carboxylic acids is 1. The molecule has 0 aliphatic heterocycles. The Bertz CT molecular complexity index is 513. The predicted octanol–water partition coefficient (Wildman–Crippen LogP) is 1.11. The smallest absolute Gasteiger partial charge is 0.325 e. The molecule has 0 saturated heterocycles. The number of aromatic hydroxyl groups is 1. The number of phenols is 1. The van der Waals surface area contributed by atoms with E-state index in [0.29, 0.717) is 5.69 Å². The first-order valence-electron chi connectivity index (χ1n) is 6.36. The van der Waals surface area contributed by atoms with Crippen molar-refractivity contribution in [1.29, 1.82) is 0 Å². The van der Waals surface area contributed by atoms with Crippen LogP contribution < -0.4 is 4.90 Å². The molecule has 0 aliphatic carbocycles. The summed E-state index contributed by atoms with van der Waals surface area (Å²) in [6.45, 7) is 2.56. The van der Waals surface area contributed by atoms with E-state index in [-0.39, 0.29) is 12.4 Å². The van der Waals surface area contributed by atoms with Crippen LogP contribution in [0.1, 0.15) is 13.8 Å². The Morgan fingerprint density at radius 2 is 1.71 bits per heavy atom. The maximum atomic E-state index is 12.5. The summed E-state index contributed by atoms with van der Waals surface area (Å²) in [5.74, 6) is -1.14. The fourth-order valence-electron chi connectivity index (χ4n) is 1.58.